The minimum absolute atomic E-state index is 0.0810. The molecular weight excluding hydrogens is 316 g/mol. The first-order valence-electron chi connectivity index (χ1n) is 8.24. The fourth-order valence-corrected chi connectivity index (χ4v) is 2.81. The van der Waals surface area contributed by atoms with Crippen molar-refractivity contribution in [2.45, 2.75) is 13.5 Å². The van der Waals surface area contributed by atoms with Crippen LogP contribution in [0.2, 0.25) is 0 Å². The minimum atomic E-state index is -0.409. The molecule has 5 nitrogen and oxygen atoms in total. The fraction of sp³-hybridized carbons (Fsp3) is 0.200. The van der Waals surface area contributed by atoms with Gasteiger partial charge in [-0.25, -0.2) is 0 Å². The van der Waals surface area contributed by atoms with E-state index in [-0.39, 0.29) is 12.5 Å². The average Bonchev–Trinajstić information content (AvgIpc) is 3.10. The second kappa shape index (κ2) is 7.66. The lowest BCUT2D eigenvalue weighted by molar-refractivity contribution is -0.143. The van der Waals surface area contributed by atoms with Gasteiger partial charge in [-0.2, -0.15) is 0 Å². The molecule has 2 aromatic carbocycles. The standard InChI is InChI=1S/C20H20N2O3/c1-2-25-19(23)14-22(13-15-7-4-3-5-8-15)20(24)17-9-6-10-18-16(17)11-12-21-18/h3-12,21H,2,13-14H2,1H3. The maximum atomic E-state index is 13.1. The molecule has 0 aliphatic heterocycles. The summed E-state index contributed by atoms with van der Waals surface area (Å²) in [6.45, 7) is 2.31. The number of benzene rings is 2. The first kappa shape index (κ1) is 16.8. The van der Waals surface area contributed by atoms with Crippen molar-refractivity contribution < 1.29 is 14.3 Å². The lowest BCUT2D eigenvalue weighted by atomic mass is 10.1. The number of carbonyl (C=O) groups excluding carboxylic acids is 2. The number of nitrogens with one attached hydrogen (secondary N) is 1. The molecule has 0 bridgehead atoms. The van der Waals surface area contributed by atoms with Gasteiger partial charge in [0.05, 0.1) is 6.61 Å². The summed E-state index contributed by atoms with van der Waals surface area (Å²) in [5.41, 5.74) is 2.42. The highest BCUT2D eigenvalue weighted by molar-refractivity contribution is 6.07. The number of amides is 1. The molecule has 0 unspecified atom stereocenters. The predicted molar refractivity (Wildman–Crippen MR) is 96.1 cm³/mol. The smallest absolute Gasteiger partial charge is 0.325 e. The molecule has 1 heterocycles. The van der Waals surface area contributed by atoms with Crippen molar-refractivity contribution in [3.8, 4) is 0 Å². The molecule has 1 amide bonds. The molecule has 0 fully saturated rings. The number of hydrogen-bond acceptors (Lipinski definition) is 3. The van der Waals surface area contributed by atoms with E-state index >= 15 is 0 Å². The quantitative estimate of drug-likeness (QED) is 0.702. The second-order valence-electron chi connectivity index (χ2n) is 5.70. The van der Waals surface area contributed by atoms with E-state index in [9.17, 15) is 9.59 Å². The molecule has 0 saturated carbocycles. The molecule has 1 N–H and O–H groups in total. The van der Waals surface area contributed by atoms with E-state index in [4.69, 9.17) is 4.74 Å². The number of nitrogens with zero attached hydrogens (tertiary/aromatic N) is 1. The molecule has 0 aliphatic carbocycles. The number of H-pyrrole nitrogens is 1. The molecule has 0 aliphatic rings. The molecule has 1 aromatic heterocycles. The lowest BCUT2D eigenvalue weighted by Gasteiger charge is -2.22. The maximum absolute atomic E-state index is 13.1. The van der Waals surface area contributed by atoms with Crippen LogP contribution in [0, 0.1) is 0 Å². The Bertz CT molecular complexity index is 871. The lowest BCUT2D eigenvalue weighted by Crippen LogP contribution is -2.36. The van der Waals surface area contributed by atoms with E-state index in [1.807, 2.05) is 48.5 Å². The van der Waals surface area contributed by atoms with Gasteiger partial charge in [-0.3, -0.25) is 9.59 Å². The van der Waals surface area contributed by atoms with Gasteiger partial charge in [-0.15, -0.1) is 0 Å². The third-order valence-corrected chi connectivity index (χ3v) is 3.95. The molecule has 25 heavy (non-hydrogen) atoms. The van der Waals surface area contributed by atoms with Gasteiger partial charge in [0, 0.05) is 29.2 Å². The van der Waals surface area contributed by atoms with Crippen LogP contribution in [0.15, 0.2) is 60.8 Å². The molecule has 3 aromatic rings. The molecule has 0 saturated heterocycles. The van der Waals surface area contributed by atoms with Gasteiger partial charge in [0.1, 0.15) is 6.54 Å². The summed E-state index contributed by atoms with van der Waals surface area (Å²) in [5, 5.41) is 0.842. The second-order valence-corrected chi connectivity index (χ2v) is 5.70. The van der Waals surface area contributed by atoms with Crippen LogP contribution < -0.4 is 0 Å². The fourth-order valence-electron chi connectivity index (χ4n) is 2.81. The van der Waals surface area contributed by atoms with Crippen LogP contribution in [0.4, 0.5) is 0 Å². The number of fused-ring (bicyclic) bond motifs is 1. The van der Waals surface area contributed by atoms with Crippen LogP contribution in [0.5, 0.6) is 0 Å². The highest BCUT2D eigenvalue weighted by atomic mass is 16.5. The van der Waals surface area contributed by atoms with Gasteiger partial charge < -0.3 is 14.6 Å². The summed E-state index contributed by atoms with van der Waals surface area (Å²) in [5.74, 6) is -0.602. The third-order valence-electron chi connectivity index (χ3n) is 3.95. The maximum Gasteiger partial charge on any atom is 0.325 e. The van der Waals surface area contributed by atoms with E-state index in [2.05, 4.69) is 4.98 Å². The van der Waals surface area contributed by atoms with Gasteiger partial charge in [0.2, 0.25) is 0 Å². The summed E-state index contributed by atoms with van der Waals surface area (Å²) in [7, 11) is 0. The normalized spacial score (nSPS) is 10.6. The van der Waals surface area contributed by atoms with E-state index in [0.29, 0.717) is 18.7 Å². The van der Waals surface area contributed by atoms with Crippen molar-refractivity contribution in [2.75, 3.05) is 13.2 Å². The summed E-state index contributed by atoms with van der Waals surface area (Å²) in [6.07, 6.45) is 1.80. The zero-order valence-corrected chi connectivity index (χ0v) is 14.1. The largest absolute Gasteiger partial charge is 0.465 e. The van der Waals surface area contributed by atoms with E-state index in [1.54, 1.807) is 19.2 Å². The van der Waals surface area contributed by atoms with Crippen LogP contribution in [0.3, 0.4) is 0 Å². The number of aromatic nitrogens is 1. The highest BCUT2D eigenvalue weighted by Gasteiger charge is 2.21. The summed E-state index contributed by atoms with van der Waals surface area (Å²) >= 11 is 0. The monoisotopic (exact) mass is 336 g/mol. The molecule has 0 atom stereocenters. The number of aromatic amines is 1. The zero-order chi connectivity index (χ0) is 17.6. The van der Waals surface area contributed by atoms with E-state index in [1.165, 1.54) is 4.90 Å². The summed E-state index contributed by atoms with van der Waals surface area (Å²) in [6, 6.07) is 17.0. The Morgan fingerprint density at radius 3 is 2.60 bits per heavy atom. The SMILES string of the molecule is CCOC(=O)CN(Cc1ccccc1)C(=O)c1cccc2[nH]ccc12. The minimum Gasteiger partial charge on any atom is -0.465 e. The molecule has 5 heteroatoms. The van der Waals surface area contributed by atoms with Crippen LogP contribution in [-0.2, 0) is 16.1 Å². The van der Waals surface area contributed by atoms with Gasteiger partial charge in [0.15, 0.2) is 0 Å². The van der Waals surface area contributed by atoms with Crippen molar-refractivity contribution in [1.29, 1.82) is 0 Å². The van der Waals surface area contributed by atoms with Crippen LogP contribution >= 0.6 is 0 Å². The van der Waals surface area contributed by atoms with Crippen molar-refractivity contribution in [3.63, 3.8) is 0 Å². The number of hydrogen-bond donors (Lipinski definition) is 1. The van der Waals surface area contributed by atoms with Gasteiger partial charge in [-0.05, 0) is 30.7 Å². The predicted octanol–water partition coefficient (Wildman–Crippen LogP) is 3.37. The molecular formula is C20H20N2O3. The van der Waals surface area contributed by atoms with Crippen molar-refractivity contribution in [3.05, 3.63) is 71.9 Å². The Labute approximate surface area is 146 Å². The zero-order valence-electron chi connectivity index (χ0n) is 14.1. The van der Waals surface area contributed by atoms with E-state index in [0.717, 1.165) is 16.5 Å². The van der Waals surface area contributed by atoms with Gasteiger partial charge in [-0.1, -0.05) is 36.4 Å². The Morgan fingerprint density at radius 1 is 1.04 bits per heavy atom. The summed E-state index contributed by atoms with van der Waals surface area (Å²) < 4.78 is 5.03. The molecule has 0 spiro atoms. The first-order chi connectivity index (χ1) is 12.2. The topological polar surface area (TPSA) is 62.4 Å². The van der Waals surface area contributed by atoms with Crippen LogP contribution in [0.1, 0.15) is 22.8 Å². The van der Waals surface area contributed by atoms with Crippen LogP contribution in [-0.4, -0.2) is 34.9 Å². The Morgan fingerprint density at radius 2 is 1.84 bits per heavy atom. The van der Waals surface area contributed by atoms with Crippen molar-refractivity contribution in [1.82, 2.24) is 9.88 Å². The van der Waals surface area contributed by atoms with Crippen molar-refractivity contribution in [2.24, 2.45) is 0 Å². The number of rotatable bonds is 6. The number of ether oxygens (including phenoxy) is 1. The Balaban J connectivity index is 1.90. The summed E-state index contributed by atoms with van der Waals surface area (Å²) in [4.78, 5) is 29.7. The van der Waals surface area contributed by atoms with Crippen LogP contribution in [0.25, 0.3) is 10.9 Å². The average molecular weight is 336 g/mol. The first-order valence-corrected chi connectivity index (χ1v) is 8.24. The van der Waals surface area contributed by atoms with E-state index < -0.39 is 5.97 Å². The molecule has 3 rings (SSSR count). The number of esters is 1. The molecule has 0 radical (unpaired) electrons. The number of carbonyl (C=O) groups is 2. The van der Waals surface area contributed by atoms with Gasteiger partial charge in [0.25, 0.3) is 5.91 Å². The van der Waals surface area contributed by atoms with Gasteiger partial charge >= 0.3 is 5.97 Å². The Kier molecular flexibility index (Phi) is 5.14. The molecule has 128 valence electrons. The highest BCUT2D eigenvalue weighted by Crippen LogP contribution is 2.20. The third kappa shape index (κ3) is 3.88. The van der Waals surface area contributed by atoms with Crippen molar-refractivity contribution >= 4 is 22.8 Å². The Hall–Kier alpha value is -3.08.